The predicted octanol–water partition coefficient (Wildman–Crippen LogP) is 1.33. The number of hydrogen-bond donors (Lipinski definition) is 2. The maximum Gasteiger partial charge on any atom is 0.0556 e. The molecule has 2 rings (SSSR count). The standard InChI is InChI=1S/C12H21N3O/c1-10(13-5-6-16)12-7-14-15(9-12)8-11-3-2-4-11/h7,9-11,13,16H,2-6,8H2,1H3. The van der Waals surface area contributed by atoms with E-state index in [-0.39, 0.29) is 12.6 Å². The Labute approximate surface area is 96.7 Å². The van der Waals surface area contributed by atoms with Crippen LogP contribution in [0.1, 0.15) is 37.8 Å². The summed E-state index contributed by atoms with van der Waals surface area (Å²) in [5.41, 5.74) is 1.20. The van der Waals surface area contributed by atoms with Crippen LogP contribution in [0.25, 0.3) is 0 Å². The molecule has 0 saturated heterocycles. The molecule has 1 fully saturated rings. The molecule has 1 aliphatic carbocycles. The highest BCUT2D eigenvalue weighted by Crippen LogP contribution is 2.27. The molecule has 1 saturated carbocycles. The second-order valence-electron chi connectivity index (χ2n) is 4.69. The fourth-order valence-electron chi connectivity index (χ4n) is 2.04. The lowest BCUT2D eigenvalue weighted by atomic mass is 9.85. The minimum Gasteiger partial charge on any atom is -0.395 e. The van der Waals surface area contributed by atoms with Gasteiger partial charge in [0, 0.05) is 30.9 Å². The Morgan fingerprint density at radius 2 is 2.44 bits per heavy atom. The maximum absolute atomic E-state index is 8.74. The van der Waals surface area contributed by atoms with E-state index in [0.29, 0.717) is 6.54 Å². The van der Waals surface area contributed by atoms with Gasteiger partial charge in [-0.2, -0.15) is 5.10 Å². The zero-order chi connectivity index (χ0) is 11.4. The SMILES string of the molecule is CC(NCCO)c1cnn(CC2CCC2)c1. The average molecular weight is 223 g/mol. The van der Waals surface area contributed by atoms with Crippen molar-refractivity contribution in [3.63, 3.8) is 0 Å². The lowest BCUT2D eigenvalue weighted by molar-refractivity contribution is 0.266. The van der Waals surface area contributed by atoms with Gasteiger partial charge in [0.05, 0.1) is 12.8 Å². The molecule has 4 heteroatoms. The Bertz CT molecular complexity index is 320. The Morgan fingerprint density at radius 3 is 3.06 bits per heavy atom. The average Bonchev–Trinajstić information content (AvgIpc) is 2.68. The van der Waals surface area contributed by atoms with Gasteiger partial charge in [-0.15, -0.1) is 0 Å². The first-order chi connectivity index (χ1) is 7.79. The molecule has 0 amide bonds. The van der Waals surface area contributed by atoms with E-state index in [2.05, 4.69) is 28.2 Å². The summed E-state index contributed by atoms with van der Waals surface area (Å²) in [6.07, 6.45) is 8.13. The van der Waals surface area contributed by atoms with Crippen LogP contribution < -0.4 is 5.32 Å². The van der Waals surface area contributed by atoms with Gasteiger partial charge in [-0.3, -0.25) is 4.68 Å². The highest BCUT2D eigenvalue weighted by molar-refractivity contribution is 5.09. The van der Waals surface area contributed by atoms with Gasteiger partial charge >= 0.3 is 0 Å². The topological polar surface area (TPSA) is 50.1 Å². The van der Waals surface area contributed by atoms with Crippen LogP contribution in [0.5, 0.6) is 0 Å². The number of hydrogen-bond acceptors (Lipinski definition) is 3. The normalized spacial score (nSPS) is 18.4. The van der Waals surface area contributed by atoms with Crippen molar-refractivity contribution in [2.75, 3.05) is 13.2 Å². The molecular formula is C12H21N3O. The fourth-order valence-corrected chi connectivity index (χ4v) is 2.04. The summed E-state index contributed by atoms with van der Waals surface area (Å²) in [5, 5.41) is 16.4. The van der Waals surface area contributed by atoms with Gasteiger partial charge in [-0.25, -0.2) is 0 Å². The number of aliphatic hydroxyl groups is 1. The molecule has 0 aliphatic heterocycles. The van der Waals surface area contributed by atoms with Gasteiger partial charge in [-0.1, -0.05) is 6.42 Å². The van der Waals surface area contributed by atoms with Gasteiger partial charge in [0.2, 0.25) is 0 Å². The molecule has 90 valence electrons. The van der Waals surface area contributed by atoms with E-state index in [1.54, 1.807) is 0 Å². The lowest BCUT2D eigenvalue weighted by Crippen LogP contribution is -2.22. The minimum atomic E-state index is 0.181. The first-order valence-corrected chi connectivity index (χ1v) is 6.16. The first-order valence-electron chi connectivity index (χ1n) is 6.16. The Morgan fingerprint density at radius 1 is 1.62 bits per heavy atom. The molecule has 2 N–H and O–H groups in total. The van der Waals surface area contributed by atoms with E-state index < -0.39 is 0 Å². The van der Waals surface area contributed by atoms with E-state index in [4.69, 9.17) is 5.11 Å². The Balaban J connectivity index is 1.85. The number of rotatable bonds is 6. The van der Waals surface area contributed by atoms with Crippen LogP contribution in [0.15, 0.2) is 12.4 Å². The van der Waals surface area contributed by atoms with E-state index in [1.165, 1.54) is 24.8 Å². The molecule has 0 aromatic carbocycles. The van der Waals surface area contributed by atoms with Gasteiger partial charge in [-0.05, 0) is 25.7 Å². The van der Waals surface area contributed by atoms with Crippen LogP contribution in [0.4, 0.5) is 0 Å². The highest BCUT2D eigenvalue weighted by atomic mass is 16.3. The maximum atomic E-state index is 8.74. The van der Waals surface area contributed by atoms with Crippen molar-refractivity contribution in [2.45, 2.75) is 38.8 Å². The van der Waals surface area contributed by atoms with Crippen LogP contribution in [-0.4, -0.2) is 28.0 Å². The molecule has 1 atom stereocenters. The van der Waals surface area contributed by atoms with Crippen molar-refractivity contribution in [2.24, 2.45) is 5.92 Å². The quantitative estimate of drug-likeness (QED) is 0.765. The molecule has 16 heavy (non-hydrogen) atoms. The zero-order valence-electron chi connectivity index (χ0n) is 9.89. The summed E-state index contributed by atoms with van der Waals surface area (Å²) in [6, 6.07) is 0.266. The van der Waals surface area contributed by atoms with Crippen molar-refractivity contribution in [1.82, 2.24) is 15.1 Å². The van der Waals surface area contributed by atoms with Gasteiger partial charge < -0.3 is 10.4 Å². The smallest absolute Gasteiger partial charge is 0.0556 e. The Hall–Kier alpha value is -0.870. The second-order valence-corrected chi connectivity index (χ2v) is 4.69. The van der Waals surface area contributed by atoms with Crippen LogP contribution in [0, 0.1) is 5.92 Å². The monoisotopic (exact) mass is 223 g/mol. The van der Waals surface area contributed by atoms with Gasteiger partial charge in [0.15, 0.2) is 0 Å². The molecule has 1 aliphatic rings. The predicted molar refractivity (Wildman–Crippen MR) is 63.1 cm³/mol. The zero-order valence-corrected chi connectivity index (χ0v) is 9.89. The van der Waals surface area contributed by atoms with Crippen LogP contribution in [0.3, 0.4) is 0 Å². The summed E-state index contributed by atoms with van der Waals surface area (Å²) in [5.74, 6) is 0.841. The first kappa shape index (κ1) is 11.6. The minimum absolute atomic E-state index is 0.181. The van der Waals surface area contributed by atoms with E-state index in [1.807, 2.05) is 6.20 Å². The van der Waals surface area contributed by atoms with E-state index in [9.17, 15) is 0 Å². The van der Waals surface area contributed by atoms with Crippen LogP contribution in [0.2, 0.25) is 0 Å². The van der Waals surface area contributed by atoms with Crippen molar-refractivity contribution < 1.29 is 5.11 Å². The summed E-state index contributed by atoms with van der Waals surface area (Å²) < 4.78 is 2.05. The molecule has 1 heterocycles. The summed E-state index contributed by atoms with van der Waals surface area (Å²) >= 11 is 0. The number of aromatic nitrogens is 2. The third-order valence-corrected chi connectivity index (χ3v) is 3.39. The number of nitrogens with zero attached hydrogens (tertiary/aromatic N) is 2. The molecule has 0 bridgehead atoms. The fraction of sp³-hybridized carbons (Fsp3) is 0.750. The largest absolute Gasteiger partial charge is 0.395 e. The van der Waals surface area contributed by atoms with Crippen molar-refractivity contribution >= 4 is 0 Å². The van der Waals surface area contributed by atoms with Crippen molar-refractivity contribution in [3.8, 4) is 0 Å². The van der Waals surface area contributed by atoms with E-state index in [0.717, 1.165) is 12.5 Å². The van der Waals surface area contributed by atoms with Crippen LogP contribution >= 0.6 is 0 Å². The molecule has 1 aromatic rings. The van der Waals surface area contributed by atoms with Gasteiger partial charge in [0.1, 0.15) is 0 Å². The van der Waals surface area contributed by atoms with E-state index >= 15 is 0 Å². The molecule has 1 aromatic heterocycles. The summed E-state index contributed by atoms with van der Waals surface area (Å²) in [7, 11) is 0. The summed E-state index contributed by atoms with van der Waals surface area (Å²) in [6.45, 7) is 3.97. The Kier molecular flexibility index (Phi) is 3.96. The third kappa shape index (κ3) is 2.83. The van der Waals surface area contributed by atoms with Crippen LogP contribution in [-0.2, 0) is 6.54 Å². The molecule has 0 radical (unpaired) electrons. The highest BCUT2D eigenvalue weighted by Gasteiger charge is 2.18. The lowest BCUT2D eigenvalue weighted by Gasteiger charge is -2.24. The molecule has 1 unspecified atom stereocenters. The van der Waals surface area contributed by atoms with Crippen molar-refractivity contribution in [3.05, 3.63) is 18.0 Å². The van der Waals surface area contributed by atoms with Gasteiger partial charge in [0.25, 0.3) is 0 Å². The number of aliphatic hydroxyl groups excluding tert-OH is 1. The molecule has 0 spiro atoms. The molecular weight excluding hydrogens is 202 g/mol. The molecule has 4 nitrogen and oxygen atoms in total. The summed E-state index contributed by atoms with van der Waals surface area (Å²) in [4.78, 5) is 0. The third-order valence-electron chi connectivity index (χ3n) is 3.39. The second kappa shape index (κ2) is 5.46. The number of nitrogens with one attached hydrogen (secondary N) is 1. The van der Waals surface area contributed by atoms with Crippen molar-refractivity contribution in [1.29, 1.82) is 0 Å².